The van der Waals surface area contributed by atoms with E-state index in [0.717, 1.165) is 11.1 Å². The van der Waals surface area contributed by atoms with E-state index < -0.39 is 0 Å². The second kappa shape index (κ2) is 7.56. The van der Waals surface area contributed by atoms with Gasteiger partial charge in [0, 0.05) is 11.1 Å². The third kappa shape index (κ3) is 4.19. The Bertz CT molecular complexity index is 798. The molecule has 0 aliphatic carbocycles. The summed E-state index contributed by atoms with van der Waals surface area (Å²) in [7, 11) is 0. The van der Waals surface area contributed by atoms with E-state index in [-0.39, 0.29) is 0 Å². The Balaban J connectivity index is 1.64. The number of aryl methyl sites for hydroxylation is 1. The third-order valence-electron chi connectivity index (χ3n) is 3.40. The monoisotopic (exact) mass is 359 g/mol. The molecule has 0 radical (unpaired) electrons. The van der Waals surface area contributed by atoms with Gasteiger partial charge in [0.05, 0.1) is 11.2 Å². The van der Waals surface area contributed by atoms with Gasteiger partial charge in [-0.05, 0) is 42.3 Å². The normalized spacial score (nSPS) is 10.5. The fourth-order valence-electron chi connectivity index (χ4n) is 2.11. The number of nitrogens with zero attached hydrogens (tertiary/aromatic N) is 1. The number of ether oxygens (including phenoxy) is 2. The highest BCUT2D eigenvalue weighted by Gasteiger charge is 2.07. The summed E-state index contributed by atoms with van der Waals surface area (Å²) in [4.78, 5) is 4.26. The van der Waals surface area contributed by atoms with Crippen molar-refractivity contribution >= 4 is 23.2 Å². The van der Waals surface area contributed by atoms with E-state index in [1.54, 1.807) is 18.3 Å². The second-order valence-electron chi connectivity index (χ2n) is 5.24. The Morgan fingerprint density at radius 2 is 1.75 bits per heavy atom. The third-order valence-corrected chi connectivity index (χ3v) is 3.95. The van der Waals surface area contributed by atoms with E-state index in [4.69, 9.17) is 32.7 Å². The molecule has 0 atom stereocenters. The van der Waals surface area contributed by atoms with Crippen LogP contribution in [0.5, 0.6) is 17.4 Å². The van der Waals surface area contributed by atoms with Crippen molar-refractivity contribution < 1.29 is 9.47 Å². The summed E-state index contributed by atoms with van der Waals surface area (Å²) >= 11 is 12.0. The molecule has 24 heavy (non-hydrogen) atoms. The van der Waals surface area contributed by atoms with Crippen molar-refractivity contribution in [3.63, 3.8) is 0 Å². The van der Waals surface area contributed by atoms with Gasteiger partial charge in [-0.25, -0.2) is 4.98 Å². The van der Waals surface area contributed by atoms with Crippen LogP contribution in [0.15, 0.2) is 60.8 Å². The molecule has 2 aromatic carbocycles. The first-order valence-corrected chi connectivity index (χ1v) is 8.14. The lowest BCUT2D eigenvalue weighted by atomic mass is 10.2. The summed E-state index contributed by atoms with van der Waals surface area (Å²) in [6, 6.07) is 16.7. The summed E-state index contributed by atoms with van der Waals surface area (Å²) < 4.78 is 11.5. The van der Waals surface area contributed by atoms with E-state index >= 15 is 0 Å². The second-order valence-corrected chi connectivity index (χ2v) is 6.08. The zero-order valence-electron chi connectivity index (χ0n) is 13.0. The van der Waals surface area contributed by atoms with Gasteiger partial charge in [0.1, 0.15) is 12.4 Å². The molecule has 0 spiro atoms. The maximum absolute atomic E-state index is 6.15. The number of halogens is 2. The first-order valence-electron chi connectivity index (χ1n) is 7.38. The van der Waals surface area contributed by atoms with Gasteiger partial charge >= 0.3 is 0 Å². The van der Waals surface area contributed by atoms with Crippen molar-refractivity contribution in [3.8, 4) is 17.4 Å². The number of aromatic nitrogens is 1. The average molecular weight is 360 g/mol. The van der Waals surface area contributed by atoms with Gasteiger partial charge in [0.15, 0.2) is 5.75 Å². The topological polar surface area (TPSA) is 31.4 Å². The van der Waals surface area contributed by atoms with Gasteiger partial charge in [-0.15, -0.1) is 0 Å². The van der Waals surface area contributed by atoms with Crippen LogP contribution in [0, 0.1) is 6.92 Å². The Morgan fingerprint density at radius 1 is 0.958 bits per heavy atom. The predicted octanol–water partition coefficient (Wildman–Crippen LogP) is 6.07. The quantitative estimate of drug-likeness (QED) is 0.554. The molecule has 5 heteroatoms. The Hall–Kier alpha value is -2.23. The highest BCUT2D eigenvalue weighted by molar-refractivity contribution is 6.32. The molecule has 0 amide bonds. The van der Waals surface area contributed by atoms with Gasteiger partial charge in [-0.1, -0.05) is 47.5 Å². The minimum Gasteiger partial charge on any atom is -0.487 e. The lowest BCUT2D eigenvalue weighted by Crippen LogP contribution is -1.96. The van der Waals surface area contributed by atoms with Crippen LogP contribution in [-0.4, -0.2) is 4.98 Å². The maximum atomic E-state index is 6.15. The van der Waals surface area contributed by atoms with Crippen LogP contribution in [0.3, 0.4) is 0 Å². The average Bonchev–Trinajstić information content (AvgIpc) is 2.59. The molecule has 122 valence electrons. The summed E-state index contributed by atoms with van der Waals surface area (Å²) in [5.41, 5.74) is 1.98. The zero-order valence-corrected chi connectivity index (χ0v) is 14.5. The van der Waals surface area contributed by atoms with Crippen LogP contribution < -0.4 is 9.47 Å². The highest BCUT2D eigenvalue weighted by Crippen LogP contribution is 2.32. The number of pyridine rings is 1. The smallest absolute Gasteiger partial charge is 0.219 e. The molecule has 3 rings (SSSR count). The maximum Gasteiger partial charge on any atom is 0.219 e. The van der Waals surface area contributed by atoms with Gasteiger partial charge in [0.2, 0.25) is 5.88 Å². The lowest BCUT2D eigenvalue weighted by Gasteiger charge is -2.10. The number of hydrogen-bond donors (Lipinski definition) is 0. The molecular weight excluding hydrogens is 345 g/mol. The van der Waals surface area contributed by atoms with Gasteiger partial charge in [-0.3, -0.25) is 0 Å². The van der Waals surface area contributed by atoms with Crippen molar-refractivity contribution in [2.75, 3.05) is 0 Å². The fourth-order valence-corrected chi connectivity index (χ4v) is 2.50. The molecule has 1 aromatic heterocycles. The van der Waals surface area contributed by atoms with Gasteiger partial charge in [0.25, 0.3) is 0 Å². The van der Waals surface area contributed by atoms with E-state index in [1.807, 2.05) is 49.4 Å². The molecule has 0 saturated carbocycles. The van der Waals surface area contributed by atoms with E-state index in [9.17, 15) is 0 Å². The summed E-state index contributed by atoms with van der Waals surface area (Å²) in [5, 5.41) is 1.26. The van der Waals surface area contributed by atoms with E-state index in [0.29, 0.717) is 34.0 Å². The van der Waals surface area contributed by atoms with Crippen molar-refractivity contribution in [3.05, 3.63) is 82.0 Å². The Morgan fingerprint density at radius 3 is 2.42 bits per heavy atom. The number of rotatable bonds is 5. The van der Waals surface area contributed by atoms with E-state index in [1.165, 1.54) is 0 Å². The number of hydrogen-bond acceptors (Lipinski definition) is 3. The largest absolute Gasteiger partial charge is 0.487 e. The molecule has 0 bridgehead atoms. The predicted molar refractivity (Wildman–Crippen MR) is 96.3 cm³/mol. The molecule has 3 aromatic rings. The zero-order chi connectivity index (χ0) is 16.9. The molecule has 1 heterocycles. The molecule has 0 N–H and O–H groups in total. The number of para-hydroxylation sites is 1. The molecule has 0 fully saturated rings. The van der Waals surface area contributed by atoms with Gasteiger partial charge in [-0.2, -0.15) is 0 Å². The van der Waals surface area contributed by atoms with Crippen LogP contribution >= 0.6 is 23.2 Å². The molecule has 0 aliphatic rings. The van der Waals surface area contributed by atoms with Crippen molar-refractivity contribution in [2.45, 2.75) is 13.5 Å². The fraction of sp³-hybridized carbons (Fsp3) is 0.105. The standard InChI is InChI=1S/C19H15Cl2NO2/c1-13-3-2-4-17(21)19(13)24-18-10-9-16(11-22-18)23-12-14-5-7-15(20)8-6-14/h2-11H,12H2,1H3. The first kappa shape index (κ1) is 16.6. The highest BCUT2D eigenvalue weighted by atomic mass is 35.5. The van der Waals surface area contributed by atoms with Crippen LogP contribution in [0.25, 0.3) is 0 Å². The van der Waals surface area contributed by atoms with Crippen LogP contribution in [0.2, 0.25) is 10.0 Å². The minimum absolute atomic E-state index is 0.447. The SMILES string of the molecule is Cc1cccc(Cl)c1Oc1ccc(OCc2ccc(Cl)cc2)cn1. The summed E-state index contributed by atoms with van der Waals surface area (Å²) in [6.07, 6.45) is 1.62. The molecule has 0 saturated heterocycles. The minimum atomic E-state index is 0.447. The summed E-state index contributed by atoms with van der Waals surface area (Å²) in [5.74, 6) is 1.74. The molecule has 3 nitrogen and oxygen atoms in total. The van der Waals surface area contributed by atoms with Crippen molar-refractivity contribution in [1.29, 1.82) is 0 Å². The Kier molecular flexibility index (Phi) is 5.24. The van der Waals surface area contributed by atoms with E-state index in [2.05, 4.69) is 4.98 Å². The van der Waals surface area contributed by atoms with Crippen molar-refractivity contribution in [1.82, 2.24) is 4.98 Å². The van der Waals surface area contributed by atoms with Gasteiger partial charge < -0.3 is 9.47 Å². The lowest BCUT2D eigenvalue weighted by molar-refractivity contribution is 0.304. The molecule has 0 unspecified atom stereocenters. The Labute approximate surface area is 150 Å². The van der Waals surface area contributed by atoms with Crippen LogP contribution in [0.1, 0.15) is 11.1 Å². The van der Waals surface area contributed by atoms with Crippen molar-refractivity contribution in [2.24, 2.45) is 0 Å². The van der Waals surface area contributed by atoms with Crippen LogP contribution in [0.4, 0.5) is 0 Å². The molecule has 0 aliphatic heterocycles. The molecular formula is C19H15Cl2NO2. The van der Waals surface area contributed by atoms with Crippen LogP contribution in [-0.2, 0) is 6.61 Å². The summed E-state index contributed by atoms with van der Waals surface area (Å²) in [6.45, 7) is 2.38. The number of benzene rings is 2. The first-order chi connectivity index (χ1) is 11.6.